The maximum Gasteiger partial charge on any atom is 0.306 e. The zero-order valence-corrected chi connectivity index (χ0v) is 12.4. The maximum absolute atomic E-state index is 12.6. The van der Waals surface area contributed by atoms with Crippen molar-refractivity contribution >= 4 is 16.0 Å². The van der Waals surface area contributed by atoms with Crippen LogP contribution in [0.15, 0.2) is 29.2 Å². The summed E-state index contributed by atoms with van der Waals surface area (Å²) in [5.41, 5.74) is 0.888. The number of carboxylic acid groups (broad SMARTS) is 1. The normalized spacial score (nSPS) is 24.5. The molecule has 0 aromatic heterocycles. The van der Waals surface area contributed by atoms with Crippen molar-refractivity contribution in [3.05, 3.63) is 29.8 Å². The van der Waals surface area contributed by atoms with E-state index in [-0.39, 0.29) is 17.5 Å². The minimum Gasteiger partial charge on any atom is -0.481 e. The van der Waals surface area contributed by atoms with E-state index in [1.54, 1.807) is 25.1 Å². The highest BCUT2D eigenvalue weighted by Gasteiger charge is 2.36. The van der Waals surface area contributed by atoms with Gasteiger partial charge in [-0.1, -0.05) is 12.1 Å². The van der Waals surface area contributed by atoms with E-state index in [1.807, 2.05) is 13.0 Å². The molecule has 1 aromatic carbocycles. The maximum atomic E-state index is 12.6. The molecule has 0 amide bonds. The molecule has 110 valence electrons. The fourth-order valence-electron chi connectivity index (χ4n) is 2.64. The average Bonchev–Trinajstić information content (AvgIpc) is 2.38. The molecule has 0 saturated carbocycles. The van der Waals surface area contributed by atoms with Gasteiger partial charge in [-0.15, -0.1) is 0 Å². The van der Waals surface area contributed by atoms with E-state index in [4.69, 9.17) is 5.11 Å². The Morgan fingerprint density at radius 3 is 2.65 bits per heavy atom. The minimum absolute atomic E-state index is 0.258. The molecule has 1 fully saturated rings. The Labute approximate surface area is 119 Å². The Morgan fingerprint density at radius 1 is 1.40 bits per heavy atom. The molecule has 2 unspecified atom stereocenters. The van der Waals surface area contributed by atoms with E-state index in [1.165, 1.54) is 4.31 Å². The minimum atomic E-state index is -3.54. The summed E-state index contributed by atoms with van der Waals surface area (Å²) in [5, 5.41) is 9.03. The summed E-state index contributed by atoms with van der Waals surface area (Å²) in [5.74, 6) is -1.29. The number of carbonyl (C=O) groups is 1. The monoisotopic (exact) mass is 297 g/mol. The predicted octanol–water partition coefficient (Wildman–Crippen LogP) is 1.87. The van der Waals surface area contributed by atoms with Gasteiger partial charge in [-0.2, -0.15) is 4.31 Å². The molecule has 0 radical (unpaired) electrons. The highest BCUT2D eigenvalue weighted by molar-refractivity contribution is 7.89. The molecule has 1 saturated heterocycles. The summed E-state index contributed by atoms with van der Waals surface area (Å²) in [6.45, 7) is 3.87. The number of carboxylic acids is 1. The fourth-order valence-corrected chi connectivity index (χ4v) is 4.40. The van der Waals surface area contributed by atoms with Crippen molar-refractivity contribution < 1.29 is 18.3 Å². The van der Waals surface area contributed by atoms with Gasteiger partial charge in [0.05, 0.1) is 10.8 Å². The van der Waals surface area contributed by atoms with Gasteiger partial charge >= 0.3 is 5.97 Å². The molecule has 1 heterocycles. The second kappa shape index (κ2) is 5.54. The molecule has 1 aliphatic heterocycles. The number of aliphatic carboxylic acids is 1. The molecule has 6 heteroatoms. The van der Waals surface area contributed by atoms with Crippen molar-refractivity contribution in [1.29, 1.82) is 0 Å². The van der Waals surface area contributed by atoms with Gasteiger partial charge in [-0.25, -0.2) is 8.42 Å². The lowest BCUT2D eigenvalue weighted by Gasteiger charge is -2.35. The van der Waals surface area contributed by atoms with Gasteiger partial charge in [-0.3, -0.25) is 4.79 Å². The van der Waals surface area contributed by atoms with E-state index in [0.717, 1.165) is 5.56 Å². The molecular weight excluding hydrogens is 278 g/mol. The molecule has 20 heavy (non-hydrogen) atoms. The molecule has 1 aliphatic rings. The van der Waals surface area contributed by atoms with Gasteiger partial charge in [0.15, 0.2) is 0 Å². The Kier molecular flexibility index (Phi) is 4.15. The molecule has 5 nitrogen and oxygen atoms in total. The predicted molar refractivity (Wildman–Crippen MR) is 74.9 cm³/mol. The van der Waals surface area contributed by atoms with Crippen molar-refractivity contribution in [1.82, 2.24) is 4.31 Å². The Morgan fingerprint density at radius 2 is 2.10 bits per heavy atom. The van der Waals surface area contributed by atoms with Gasteiger partial charge in [0.1, 0.15) is 0 Å². The quantitative estimate of drug-likeness (QED) is 0.924. The van der Waals surface area contributed by atoms with E-state index >= 15 is 0 Å². The highest BCUT2D eigenvalue weighted by atomic mass is 32.2. The summed E-state index contributed by atoms with van der Waals surface area (Å²) < 4.78 is 26.6. The molecule has 2 rings (SSSR count). The topological polar surface area (TPSA) is 74.7 Å². The Balaban J connectivity index is 2.25. The lowest BCUT2D eigenvalue weighted by Crippen LogP contribution is -2.45. The zero-order valence-electron chi connectivity index (χ0n) is 11.6. The molecule has 1 aromatic rings. The first kappa shape index (κ1) is 15.0. The number of rotatable bonds is 3. The van der Waals surface area contributed by atoms with Crippen molar-refractivity contribution in [2.24, 2.45) is 5.92 Å². The van der Waals surface area contributed by atoms with Crippen LogP contribution in [0.3, 0.4) is 0 Å². The summed E-state index contributed by atoms with van der Waals surface area (Å²) in [7, 11) is -3.54. The van der Waals surface area contributed by atoms with Crippen LogP contribution in [0.1, 0.15) is 25.3 Å². The van der Waals surface area contributed by atoms with E-state index < -0.39 is 21.9 Å². The van der Waals surface area contributed by atoms with Crippen LogP contribution in [-0.2, 0) is 14.8 Å². The van der Waals surface area contributed by atoms with Crippen LogP contribution in [0.2, 0.25) is 0 Å². The van der Waals surface area contributed by atoms with Gasteiger partial charge in [-0.05, 0) is 44.4 Å². The van der Waals surface area contributed by atoms with Crippen molar-refractivity contribution in [3.63, 3.8) is 0 Å². The molecule has 1 N–H and O–H groups in total. The van der Waals surface area contributed by atoms with Crippen LogP contribution in [0.25, 0.3) is 0 Å². The fraction of sp³-hybridized carbons (Fsp3) is 0.500. The summed E-state index contributed by atoms with van der Waals surface area (Å²) in [6.07, 6.45) is 0.727. The largest absolute Gasteiger partial charge is 0.481 e. The number of benzene rings is 1. The van der Waals surface area contributed by atoms with Crippen molar-refractivity contribution in [3.8, 4) is 0 Å². The summed E-state index contributed by atoms with van der Waals surface area (Å²) in [6, 6.07) is 6.50. The van der Waals surface area contributed by atoms with Gasteiger partial charge < -0.3 is 5.11 Å². The second-order valence-corrected chi connectivity index (χ2v) is 7.23. The first-order valence-corrected chi connectivity index (χ1v) is 8.07. The first-order chi connectivity index (χ1) is 9.32. The number of sulfonamides is 1. The van der Waals surface area contributed by atoms with Crippen LogP contribution in [0, 0.1) is 12.8 Å². The lowest BCUT2D eigenvalue weighted by molar-refractivity contribution is -0.143. The average molecular weight is 297 g/mol. The van der Waals surface area contributed by atoms with Crippen molar-refractivity contribution in [2.75, 3.05) is 6.54 Å². The third-order valence-corrected chi connectivity index (χ3v) is 5.77. The summed E-state index contributed by atoms with van der Waals surface area (Å²) in [4.78, 5) is 11.3. The van der Waals surface area contributed by atoms with Crippen LogP contribution in [-0.4, -0.2) is 36.4 Å². The van der Waals surface area contributed by atoms with E-state index in [2.05, 4.69) is 0 Å². The number of nitrogens with zero attached hydrogens (tertiary/aromatic N) is 1. The number of piperidine rings is 1. The SMILES string of the molecule is Cc1cccc(S(=O)(=O)N2CCC(C(=O)O)CC2C)c1. The standard InChI is InChI=1S/C14H19NO4S/c1-10-4-3-5-13(8-10)20(18,19)15-7-6-12(14(16)17)9-11(15)2/h3-5,8,11-12H,6-7,9H2,1-2H3,(H,16,17). The Bertz CT molecular complexity index is 611. The van der Waals surface area contributed by atoms with Crippen LogP contribution >= 0.6 is 0 Å². The van der Waals surface area contributed by atoms with Crippen LogP contribution in [0.5, 0.6) is 0 Å². The molecule has 0 aliphatic carbocycles. The van der Waals surface area contributed by atoms with Gasteiger partial charge in [0, 0.05) is 12.6 Å². The van der Waals surface area contributed by atoms with Crippen LogP contribution in [0.4, 0.5) is 0 Å². The van der Waals surface area contributed by atoms with E-state index in [9.17, 15) is 13.2 Å². The second-order valence-electron chi connectivity index (χ2n) is 5.34. The van der Waals surface area contributed by atoms with Crippen molar-refractivity contribution in [2.45, 2.75) is 37.6 Å². The van der Waals surface area contributed by atoms with Crippen LogP contribution < -0.4 is 0 Å². The third kappa shape index (κ3) is 2.86. The molecular formula is C14H19NO4S. The molecule has 0 bridgehead atoms. The lowest BCUT2D eigenvalue weighted by atomic mass is 9.93. The van der Waals surface area contributed by atoms with Gasteiger partial charge in [0.2, 0.25) is 10.0 Å². The number of hydrogen-bond acceptors (Lipinski definition) is 3. The van der Waals surface area contributed by atoms with E-state index in [0.29, 0.717) is 12.8 Å². The smallest absolute Gasteiger partial charge is 0.306 e. The summed E-state index contributed by atoms with van der Waals surface area (Å²) >= 11 is 0. The number of hydrogen-bond donors (Lipinski definition) is 1. The first-order valence-electron chi connectivity index (χ1n) is 6.63. The molecule has 2 atom stereocenters. The highest BCUT2D eigenvalue weighted by Crippen LogP contribution is 2.28. The van der Waals surface area contributed by atoms with Gasteiger partial charge in [0.25, 0.3) is 0 Å². The number of aryl methyl sites for hydroxylation is 1. The zero-order chi connectivity index (χ0) is 14.9. The Hall–Kier alpha value is -1.40. The third-order valence-electron chi connectivity index (χ3n) is 3.76. The molecule has 0 spiro atoms.